The summed E-state index contributed by atoms with van der Waals surface area (Å²) in [7, 11) is 0. The summed E-state index contributed by atoms with van der Waals surface area (Å²) in [6.45, 7) is 4.87. The third kappa shape index (κ3) is 42.0. The van der Waals surface area contributed by atoms with Crippen LogP contribution in [0.25, 0.3) is 0 Å². The van der Waals surface area contributed by atoms with Gasteiger partial charge in [0.05, 0.1) is 25.4 Å². The molecule has 0 aliphatic carbocycles. The Bertz CT molecular complexity index is 817. The maximum atomic E-state index is 12.4. The van der Waals surface area contributed by atoms with E-state index in [1.165, 1.54) is 173 Å². The van der Waals surface area contributed by atoms with Crippen LogP contribution in [-0.4, -0.2) is 47.4 Å². The molecular formula is C49H95NO5. The molecule has 1 amide bonds. The average Bonchev–Trinajstić information content (AvgIpc) is 3.18. The summed E-state index contributed by atoms with van der Waals surface area (Å²) in [4.78, 5) is 24.4. The summed E-state index contributed by atoms with van der Waals surface area (Å²) in [5, 5.41) is 23.0. The van der Waals surface area contributed by atoms with Crippen LogP contribution in [0.4, 0.5) is 0 Å². The van der Waals surface area contributed by atoms with E-state index in [0.717, 1.165) is 57.8 Å². The standard InChI is InChI=1S/C49H95NO5/c1-3-5-7-9-11-13-14-15-16-17-18-19-20-21-22-27-31-35-39-43-49(54)55-44-40-36-32-28-24-23-26-30-34-38-42-48(53)50-46(45-51)47(52)41-37-33-29-25-12-10-8-6-4-2/h15-16,46-47,51-52H,3-14,17-45H2,1-2H3,(H,50,53)/b16-15-. The second-order valence-corrected chi connectivity index (χ2v) is 16.8. The Morgan fingerprint density at radius 1 is 0.491 bits per heavy atom. The zero-order valence-corrected chi connectivity index (χ0v) is 36.9. The second-order valence-electron chi connectivity index (χ2n) is 16.8. The number of aliphatic hydroxyl groups is 2. The van der Waals surface area contributed by atoms with Crippen molar-refractivity contribution in [3.63, 3.8) is 0 Å². The van der Waals surface area contributed by atoms with Gasteiger partial charge in [0, 0.05) is 12.8 Å². The smallest absolute Gasteiger partial charge is 0.305 e. The number of aliphatic hydroxyl groups excluding tert-OH is 2. The van der Waals surface area contributed by atoms with E-state index in [1.54, 1.807) is 0 Å². The summed E-state index contributed by atoms with van der Waals surface area (Å²) < 4.78 is 5.46. The zero-order valence-electron chi connectivity index (χ0n) is 36.9. The van der Waals surface area contributed by atoms with Crippen LogP contribution in [0.3, 0.4) is 0 Å². The van der Waals surface area contributed by atoms with Crippen LogP contribution in [0.2, 0.25) is 0 Å². The van der Waals surface area contributed by atoms with Crippen LogP contribution in [0.1, 0.15) is 264 Å². The van der Waals surface area contributed by atoms with E-state index in [-0.39, 0.29) is 18.5 Å². The molecule has 0 aromatic carbocycles. The van der Waals surface area contributed by atoms with Crippen LogP contribution < -0.4 is 5.32 Å². The van der Waals surface area contributed by atoms with Crippen molar-refractivity contribution in [3.8, 4) is 0 Å². The Morgan fingerprint density at radius 2 is 0.855 bits per heavy atom. The first-order chi connectivity index (χ1) is 27.0. The average molecular weight is 778 g/mol. The summed E-state index contributed by atoms with van der Waals surface area (Å²) in [6, 6.07) is -0.555. The van der Waals surface area contributed by atoms with Gasteiger partial charge in [-0.15, -0.1) is 0 Å². The van der Waals surface area contributed by atoms with Crippen LogP contribution in [0, 0.1) is 0 Å². The summed E-state index contributed by atoms with van der Waals surface area (Å²) >= 11 is 0. The molecule has 0 aromatic rings. The number of ether oxygens (including phenoxy) is 1. The van der Waals surface area contributed by atoms with Crippen LogP contribution in [0.15, 0.2) is 12.2 Å². The summed E-state index contributed by atoms with van der Waals surface area (Å²) in [6.07, 6.45) is 50.4. The molecule has 3 N–H and O–H groups in total. The van der Waals surface area contributed by atoms with Crippen molar-refractivity contribution in [1.82, 2.24) is 5.32 Å². The molecule has 0 spiro atoms. The minimum absolute atomic E-state index is 0.0198. The van der Waals surface area contributed by atoms with E-state index >= 15 is 0 Å². The van der Waals surface area contributed by atoms with Crippen molar-refractivity contribution >= 4 is 11.9 Å². The van der Waals surface area contributed by atoms with Gasteiger partial charge in [0.2, 0.25) is 5.91 Å². The van der Waals surface area contributed by atoms with E-state index in [0.29, 0.717) is 25.9 Å². The van der Waals surface area contributed by atoms with E-state index < -0.39 is 12.1 Å². The Morgan fingerprint density at radius 3 is 1.29 bits per heavy atom. The molecule has 0 radical (unpaired) electrons. The minimum Gasteiger partial charge on any atom is -0.466 e. The number of nitrogens with one attached hydrogen (secondary N) is 1. The van der Waals surface area contributed by atoms with E-state index in [2.05, 4.69) is 31.3 Å². The number of hydrogen-bond donors (Lipinski definition) is 3. The fraction of sp³-hybridized carbons (Fsp3) is 0.918. The Labute approximate surface area is 342 Å². The lowest BCUT2D eigenvalue weighted by atomic mass is 10.0. The topological polar surface area (TPSA) is 95.9 Å². The highest BCUT2D eigenvalue weighted by atomic mass is 16.5. The first kappa shape index (κ1) is 53.6. The van der Waals surface area contributed by atoms with Crippen molar-refractivity contribution in [3.05, 3.63) is 12.2 Å². The van der Waals surface area contributed by atoms with Gasteiger partial charge in [-0.2, -0.15) is 0 Å². The molecule has 0 aromatic heterocycles. The highest BCUT2D eigenvalue weighted by molar-refractivity contribution is 5.76. The maximum Gasteiger partial charge on any atom is 0.305 e. The minimum atomic E-state index is -0.675. The summed E-state index contributed by atoms with van der Waals surface area (Å²) in [5.74, 6) is -0.0798. The van der Waals surface area contributed by atoms with Gasteiger partial charge in [0.1, 0.15) is 0 Å². The molecule has 2 atom stereocenters. The van der Waals surface area contributed by atoms with Gasteiger partial charge in [-0.3, -0.25) is 9.59 Å². The van der Waals surface area contributed by atoms with Gasteiger partial charge in [0.25, 0.3) is 0 Å². The predicted molar refractivity (Wildman–Crippen MR) is 237 cm³/mol. The lowest BCUT2D eigenvalue weighted by molar-refractivity contribution is -0.143. The first-order valence-electron chi connectivity index (χ1n) is 24.4. The van der Waals surface area contributed by atoms with Gasteiger partial charge < -0.3 is 20.3 Å². The number of rotatable bonds is 45. The van der Waals surface area contributed by atoms with Gasteiger partial charge in [-0.25, -0.2) is 0 Å². The van der Waals surface area contributed by atoms with Crippen LogP contribution in [0.5, 0.6) is 0 Å². The fourth-order valence-corrected chi connectivity index (χ4v) is 7.51. The van der Waals surface area contributed by atoms with Crippen LogP contribution in [-0.2, 0) is 14.3 Å². The molecule has 0 aliphatic rings. The van der Waals surface area contributed by atoms with E-state index in [4.69, 9.17) is 4.74 Å². The normalized spacial score (nSPS) is 12.7. The van der Waals surface area contributed by atoms with Crippen molar-refractivity contribution in [2.75, 3.05) is 13.2 Å². The maximum absolute atomic E-state index is 12.4. The number of unbranched alkanes of at least 4 members (excludes halogenated alkanes) is 32. The molecule has 6 heteroatoms. The van der Waals surface area contributed by atoms with Gasteiger partial charge in [-0.05, 0) is 51.4 Å². The second kappa shape index (κ2) is 45.3. The largest absolute Gasteiger partial charge is 0.466 e. The molecule has 2 unspecified atom stereocenters. The number of esters is 1. The predicted octanol–water partition coefficient (Wildman–Crippen LogP) is 14.2. The van der Waals surface area contributed by atoms with Gasteiger partial charge in [-0.1, -0.05) is 212 Å². The number of carbonyl (C=O) groups excluding carboxylic acids is 2. The van der Waals surface area contributed by atoms with Crippen molar-refractivity contribution in [2.24, 2.45) is 0 Å². The van der Waals surface area contributed by atoms with Crippen molar-refractivity contribution < 1.29 is 24.5 Å². The van der Waals surface area contributed by atoms with E-state index in [9.17, 15) is 19.8 Å². The fourth-order valence-electron chi connectivity index (χ4n) is 7.51. The molecule has 0 saturated carbocycles. The highest BCUT2D eigenvalue weighted by Crippen LogP contribution is 2.16. The number of allylic oxidation sites excluding steroid dienone is 2. The number of amides is 1. The van der Waals surface area contributed by atoms with Crippen LogP contribution >= 0.6 is 0 Å². The molecule has 0 aliphatic heterocycles. The lowest BCUT2D eigenvalue weighted by Gasteiger charge is -2.22. The molecule has 0 heterocycles. The molecule has 326 valence electrons. The number of carbonyl (C=O) groups is 2. The molecular weight excluding hydrogens is 683 g/mol. The van der Waals surface area contributed by atoms with Crippen molar-refractivity contribution in [1.29, 1.82) is 0 Å². The first-order valence-corrected chi connectivity index (χ1v) is 24.4. The molecule has 6 nitrogen and oxygen atoms in total. The summed E-state index contributed by atoms with van der Waals surface area (Å²) in [5.41, 5.74) is 0. The molecule has 0 rings (SSSR count). The quantitative estimate of drug-likeness (QED) is 0.0325. The lowest BCUT2D eigenvalue weighted by Crippen LogP contribution is -2.45. The van der Waals surface area contributed by atoms with Gasteiger partial charge >= 0.3 is 5.97 Å². The van der Waals surface area contributed by atoms with E-state index in [1.807, 2.05) is 0 Å². The zero-order chi connectivity index (χ0) is 40.1. The molecule has 0 bridgehead atoms. The molecule has 55 heavy (non-hydrogen) atoms. The third-order valence-corrected chi connectivity index (χ3v) is 11.3. The SMILES string of the molecule is CCCCCCCC/C=C\CCCCCCCCCCCC(=O)OCCCCCCCCCCCCC(=O)NC(CO)C(O)CCCCCCCCCCC. The van der Waals surface area contributed by atoms with Gasteiger partial charge in [0.15, 0.2) is 0 Å². The third-order valence-electron chi connectivity index (χ3n) is 11.3. The monoisotopic (exact) mass is 778 g/mol. The molecule has 0 fully saturated rings. The van der Waals surface area contributed by atoms with Crippen molar-refractivity contribution in [2.45, 2.75) is 276 Å². The number of hydrogen-bond acceptors (Lipinski definition) is 5. The highest BCUT2D eigenvalue weighted by Gasteiger charge is 2.20. The molecule has 0 saturated heterocycles. The Balaban J connectivity index is 3.43. The Kier molecular flexibility index (Phi) is 44.2. The Hall–Kier alpha value is -1.40.